The Morgan fingerprint density at radius 3 is 2.68 bits per heavy atom. The summed E-state index contributed by atoms with van der Waals surface area (Å²) in [6.07, 6.45) is 7.13. The van der Waals surface area contributed by atoms with Crippen molar-refractivity contribution in [2.75, 3.05) is 13.1 Å². The first kappa shape index (κ1) is 18.9. The second-order valence-electron chi connectivity index (χ2n) is 8.15. The Labute approximate surface area is 166 Å². The minimum Gasteiger partial charge on any atom is -0.325 e. The van der Waals surface area contributed by atoms with E-state index in [1.54, 1.807) is 4.90 Å². The van der Waals surface area contributed by atoms with Crippen LogP contribution < -0.4 is 5.73 Å². The van der Waals surface area contributed by atoms with E-state index >= 15 is 0 Å². The minimum atomic E-state index is -0.608. The molecule has 0 bridgehead atoms. The number of nitriles is 1. The molecule has 1 aromatic carbocycles. The fourth-order valence-electron chi connectivity index (χ4n) is 4.57. The van der Waals surface area contributed by atoms with Gasteiger partial charge in [-0.05, 0) is 43.2 Å². The van der Waals surface area contributed by atoms with Crippen LogP contribution in [0, 0.1) is 11.3 Å². The first-order valence-electron chi connectivity index (χ1n) is 10.4. The maximum Gasteiger partial charge on any atom is 0.240 e. The molecule has 1 unspecified atom stereocenters. The molecule has 2 N–H and O–H groups in total. The van der Waals surface area contributed by atoms with E-state index in [2.05, 4.69) is 33.5 Å². The molecule has 4 rings (SSSR count). The standard InChI is InChI=1S/C21H28N6O/c22-13-18-6-3-11-26(18)21(28)19(23)12-15-7-9-16(10-8-15)20-14-27(25-24-20)17-4-1-2-5-17/h7-10,17-20H,1-6,11-12,14,23H2/t18-,19-,20?/m0/s1. The number of hydrogen-bond acceptors (Lipinski definition) is 6. The maximum atomic E-state index is 12.6. The first-order valence-corrected chi connectivity index (χ1v) is 10.4. The van der Waals surface area contributed by atoms with Crippen molar-refractivity contribution in [2.24, 2.45) is 16.1 Å². The highest BCUT2D eigenvalue weighted by Crippen LogP contribution is 2.32. The fraction of sp³-hybridized carbons (Fsp3) is 0.619. The molecular formula is C21H28N6O. The van der Waals surface area contributed by atoms with Gasteiger partial charge in [-0.15, -0.1) is 0 Å². The molecule has 2 heterocycles. The summed E-state index contributed by atoms with van der Waals surface area (Å²) < 4.78 is 0. The molecule has 1 saturated heterocycles. The lowest BCUT2D eigenvalue weighted by Gasteiger charge is -2.23. The Balaban J connectivity index is 1.33. The van der Waals surface area contributed by atoms with E-state index in [0.29, 0.717) is 19.0 Å². The summed E-state index contributed by atoms with van der Waals surface area (Å²) in [7, 11) is 0. The van der Waals surface area contributed by atoms with Crippen molar-refractivity contribution < 1.29 is 4.79 Å². The molecule has 28 heavy (non-hydrogen) atoms. The largest absolute Gasteiger partial charge is 0.325 e. The molecule has 1 amide bonds. The van der Waals surface area contributed by atoms with Crippen molar-refractivity contribution in [3.63, 3.8) is 0 Å². The van der Waals surface area contributed by atoms with Gasteiger partial charge in [-0.25, -0.2) is 0 Å². The minimum absolute atomic E-state index is 0.0888. The van der Waals surface area contributed by atoms with Crippen molar-refractivity contribution in [2.45, 2.75) is 69.1 Å². The normalized spacial score (nSPS) is 26.0. The van der Waals surface area contributed by atoms with Crippen molar-refractivity contribution in [3.05, 3.63) is 35.4 Å². The topological polar surface area (TPSA) is 98.1 Å². The predicted molar refractivity (Wildman–Crippen MR) is 105 cm³/mol. The summed E-state index contributed by atoms with van der Waals surface area (Å²) in [4.78, 5) is 14.2. The van der Waals surface area contributed by atoms with Gasteiger partial charge in [0.15, 0.2) is 0 Å². The first-order chi connectivity index (χ1) is 13.7. The van der Waals surface area contributed by atoms with Crippen molar-refractivity contribution in [3.8, 4) is 6.07 Å². The average molecular weight is 380 g/mol. The number of nitrogens with zero attached hydrogens (tertiary/aromatic N) is 5. The van der Waals surface area contributed by atoms with Crippen molar-refractivity contribution in [1.82, 2.24) is 9.91 Å². The van der Waals surface area contributed by atoms with E-state index in [0.717, 1.165) is 30.5 Å². The van der Waals surface area contributed by atoms with Crippen LogP contribution >= 0.6 is 0 Å². The summed E-state index contributed by atoms with van der Waals surface area (Å²) in [5.74, 6) is -0.120. The second-order valence-corrected chi connectivity index (χ2v) is 8.15. The summed E-state index contributed by atoms with van der Waals surface area (Å²) in [5, 5.41) is 20.2. The smallest absolute Gasteiger partial charge is 0.240 e. The molecule has 0 radical (unpaired) electrons. The van der Waals surface area contributed by atoms with Gasteiger partial charge in [0.05, 0.1) is 18.7 Å². The van der Waals surface area contributed by atoms with E-state index in [4.69, 9.17) is 5.73 Å². The molecule has 7 heteroatoms. The number of benzene rings is 1. The molecule has 7 nitrogen and oxygen atoms in total. The zero-order valence-electron chi connectivity index (χ0n) is 16.2. The number of likely N-dealkylation sites (tertiary alicyclic amines) is 1. The Morgan fingerprint density at radius 2 is 1.96 bits per heavy atom. The lowest BCUT2D eigenvalue weighted by molar-refractivity contribution is -0.132. The van der Waals surface area contributed by atoms with Crippen LogP contribution in [0.15, 0.2) is 34.6 Å². The van der Waals surface area contributed by atoms with Crippen LogP contribution in [-0.4, -0.2) is 47.0 Å². The number of nitrogens with two attached hydrogens (primary N) is 1. The predicted octanol–water partition coefficient (Wildman–Crippen LogP) is 2.74. The highest BCUT2D eigenvalue weighted by Gasteiger charge is 2.32. The number of carbonyl (C=O) groups excluding carboxylic acids is 1. The van der Waals surface area contributed by atoms with Gasteiger partial charge in [-0.2, -0.15) is 10.4 Å². The van der Waals surface area contributed by atoms with Gasteiger partial charge < -0.3 is 10.6 Å². The summed E-state index contributed by atoms with van der Waals surface area (Å²) in [5.41, 5.74) is 8.33. The third-order valence-electron chi connectivity index (χ3n) is 6.23. The SMILES string of the molecule is N#C[C@@H]1CCCN1C(=O)[C@@H](N)Cc1ccc(C2CN(C3CCCC3)N=N2)cc1. The van der Waals surface area contributed by atoms with Crippen LogP contribution in [0.2, 0.25) is 0 Å². The monoisotopic (exact) mass is 380 g/mol. The molecule has 2 aliphatic heterocycles. The van der Waals surface area contributed by atoms with Gasteiger partial charge in [0, 0.05) is 12.6 Å². The lowest BCUT2D eigenvalue weighted by Crippen LogP contribution is -2.46. The van der Waals surface area contributed by atoms with Crippen LogP contribution in [0.1, 0.15) is 55.7 Å². The van der Waals surface area contributed by atoms with Crippen LogP contribution in [0.4, 0.5) is 0 Å². The van der Waals surface area contributed by atoms with Gasteiger partial charge in [0.2, 0.25) is 5.91 Å². The zero-order chi connectivity index (χ0) is 19.5. The molecule has 3 aliphatic rings. The van der Waals surface area contributed by atoms with E-state index in [9.17, 15) is 10.1 Å². The van der Waals surface area contributed by atoms with Gasteiger partial charge >= 0.3 is 0 Å². The van der Waals surface area contributed by atoms with Gasteiger partial charge in [0.25, 0.3) is 0 Å². The van der Waals surface area contributed by atoms with Crippen LogP contribution in [0.25, 0.3) is 0 Å². The highest BCUT2D eigenvalue weighted by atomic mass is 16.2. The molecular weight excluding hydrogens is 352 g/mol. The summed E-state index contributed by atoms with van der Waals surface area (Å²) in [6.45, 7) is 1.49. The van der Waals surface area contributed by atoms with Crippen LogP contribution in [-0.2, 0) is 11.2 Å². The fourth-order valence-corrected chi connectivity index (χ4v) is 4.57. The Morgan fingerprint density at radius 1 is 1.21 bits per heavy atom. The molecule has 1 aliphatic carbocycles. The quantitative estimate of drug-likeness (QED) is 0.849. The Hall–Kier alpha value is -2.46. The molecule has 3 atom stereocenters. The van der Waals surface area contributed by atoms with Crippen molar-refractivity contribution in [1.29, 1.82) is 5.26 Å². The van der Waals surface area contributed by atoms with Gasteiger partial charge in [-0.1, -0.05) is 42.3 Å². The van der Waals surface area contributed by atoms with Crippen LogP contribution in [0.5, 0.6) is 0 Å². The second kappa shape index (κ2) is 8.27. The molecule has 1 aromatic rings. The summed E-state index contributed by atoms with van der Waals surface area (Å²) in [6, 6.07) is 10.1. The van der Waals surface area contributed by atoms with Gasteiger partial charge in [-0.3, -0.25) is 9.80 Å². The van der Waals surface area contributed by atoms with E-state index in [1.807, 2.05) is 12.1 Å². The number of carbonyl (C=O) groups is 1. The lowest BCUT2D eigenvalue weighted by atomic mass is 10.0. The molecule has 2 fully saturated rings. The Bertz CT molecular complexity index is 764. The third kappa shape index (κ3) is 3.88. The average Bonchev–Trinajstić information content (AvgIpc) is 3.48. The molecule has 1 saturated carbocycles. The highest BCUT2D eigenvalue weighted by molar-refractivity contribution is 5.82. The number of hydrogen-bond donors (Lipinski definition) is 1. The van der Waals surface area contributed by atoms with E-state index in [1.165, 1.54) is 25.7 Å². The summed E-state index contributed by atoms with van der Waals surface area (Å²) >= 11 is 0. The number of rotatable bonds is 5. The van der Waals surface area contributed by atoms with Gasteiger partial charge in [0.1, 0.15) is 12.1 Å². The molecule has 148 valence electrons. The van der Waals surface area contributed by atoms with Crippen molar-refractivity contribution >= 4 is 5.91 Å². The van der Waals surface area contributed by atoms with E-state index < -0.39 is 6.04 Å². The Kier molecular flexibility index (Phi) is 5.58. The number of amides is 1. The maximum absolute atomic E-state index is 12.6. The molecule has 0 aromatic heterocycles. The zero-order valence-corrected chi connectivity index (χ0v) is 16.2. The third-order valence-corrected chi connectivity index (χ3v) is 6.23. The molecule has 0 spiro atoms. The van der Waals surface area contributed by atoms with E-state index in [-0.39, 0.29) is 18.0 Å². The van der Waals surface area contributed by atoms with Crippen LogP contribution in [0.3, 0.4) is 0 Å².